The smallest absolute Gasteiger partial charge is 0.00716 e. The molecule has 0 heterocycles. The van der Waals surface area contributed by atoms with Crippen molar-refractivity contribution in [3.05, 3.63) is 89.2 Å². The van der Waals surface area contributed by atoms with E-state index in [1.807, 2.05) is 12.1 Å². The summed E-state index contributed by atoms with van der Waals surface area (Å²) < 4.78 is 0. The molecule has 0 N–H and O–H groups in total. The van der Waals surface area contributed by atoms with Gasteiger partial charge < -0.3 is 0 Å². The molecule has 20 heavy (non-hydrogen) atoms. The first kappa shape index (κ1) is 14.1. The Hall–Kier alpha value is -2.30. The van der Waals surface area contributed by atoms with Gasteiger partial charge in [0, 0.05) is 0 Å². The van der Waals surface area contributed by atoms with E-state index < -0.39 is 0 Å². The van der Waals surface area contributed by atoms with Crippen molar-refractivity contribution < 1.29 is 0 Å². The second-order valence-corrected chi connectivity index (χ2v) is 5.06. The third kappa shape index (κ3) is 3.60. The first-order valence-corrected chi connectivity index (χ1v) is 6.90. The molecule has 0 aliphatic rings. The van der Waals surface area contributed by atoms with E-state index in [0.717, 1.165) is 0 Å². The van der Waals surface area contributed by atoms with Gasteiger partial charge in [0.05, 0.1) is 0 Å². The Kier molecular flexibility index (Phi) is 4.76. The van der Waals surface area contributed by atoms with E-state index in [0.29, 0.717) is 0 Å². The predicted octanol–water partition coefficient (Wildman–Crippen LogP) is 5.74. The fourth-order valence-corrected chi connectivity index (χ4v) is 2.09. The Balaban J connectivity index is 2.61. The van der Waals surface area contributed by atoms with Crippen molar-refractivity contribution in [2.24, 2.45) is 0 Å². The molecule has 0 bridgehead atoms. The minimum Gasteiger partial charge on any atom is -0.122 e. The Morgan fingerprint density at radius 2 is 1.25 bits per heavy atom. The van der Waals surface area contributed by atoms with E-state index in [2.05, 4.69) is 81.1 Å². The first-order chi connectivity index (χ1) is 9.68. The molecule has 0 saturated heterocycles. The van der Waals surface area contributed by atoms with Gasteiger partial charge in [-0.05, 0) is 54.7 Å². The van der Waals surface area contributed by atoms with Crippen LogP contribution in [-0.4, -0.2) is 0 Å². The predicted molar refractivity (Wildman–Crippen MR) is 88.3 cm³/mol. The van der Waals surface area contributed by atoms with Crippen LogP contribution in [0, 0.1) is 0 Å². The molecule has 0 aromatic heterocycles. The van der Waals surface area contributed by atoms with Crippen LogP contribution in [0.3, 0.4) is 0 Å². The monoisotopic (exact) mass is 260 g/mol. The van der Waals surface area contributed by atoms with E-state index in [9.17, 15) is 0 Å². The Morgan fingerprint density at radius 3 is 1.75 bits per heavy atom. The largest absolute Gasteiger partial charge is 0.122 e. The van der Waals surface area contributed by atoms with Crippen LogP contribution in [0.2, 0.25) is 0 Å². The van der Waals surface area contributed by atoms with E-state index in [1.54, 1.807) is 0 Å². The molecule has 0 fully saturated rings. The van der Waals surface area contributed by atoms with Gasteiger partial charge in [-0.3, -0.25) is 0 Å². The van der Waals surface area contributed by atoms with Crippen LogP contribution >= 0.6 is 0 Å². The van der Waals surface area contributed by atoms with E-state index in [4.69, 9.17) is 0 Å². The average molecular weight is 260 g/mol. The van der Waals surface area contributed by atoms with Crippen molar-refractivity contribution in [2.75, 3.05) is 0 Å². The third-order valence-corrected chi connectivity index (χ3v) is 3.20. The Labute approximate surface area is 121 Å². The Morgan fingerprint density at radius 1 is 0.750 bits per heavy atom. The van der Waals surface area contributed by atoms with Crippen LogP contribution in [0.15, 0.2) is 78.0 Å². The molecular weight excluding hydrogens is 240 g/mol. The summed E-state index contributed by atoms with van der Waals surface area (Å²) in [7, 11) is 0. The molecule has 0 heteroatoms. The summed E-state index contributed by atoms with van der Waals surface area (Å²) in [5.41, 5.74) is 9.47. The van der Waals surface area contributed by atoms with Gasteiger partial charge in [-0.25, -0.2) is 0 Å². The van der Waals surface area contributed by atoms with Crippen LogP contribution in [0.4, 0.5) is 0 Å². The molecule has 100 valence electrons. The fraction of sp³-hybridized carbons (Fsp3) is 0.150. The SMILES string of the molecule is CC(C)=C=CC(=C(C)c1ccccc1)c1ccccc1. The van der Waals surface area contributed by atoms with Crippen LogP contribution in [0.25, 0.3) is 11.1 Å². The lowest BCUT2D eigenvalue weighted by molar-refractivity contribution is 1.41. The van der Waals surface area contributed by atoms with Crippen molar-refractivity contribution in [2.45, 2.75) is 20.8 Å². The summed E-state index contributed by atoms with van der Waals surface area (Å²) in [5.74, 6) is 0. The number of hydrogen-bond donors (Lipinski definition) is 0. The van der Waals surface area contributed by atoms with Crippen molar-refractivity contribution in [3.63, 3.8) is 0 Å². The third-order valence-electron chi connectivity index (χ3n) is 3.20. The van der Waals surface area contributed by atoms with E-state index >= 15 is 0 Å². The first-order valence-electron chi connectivity index (χ1n) is 6.90. The summed E-state index contributed by atoms with van der Waals surface area (Å²) >= 11 is 0. The lowest BCUT2D eigenvalue weighted by Crippen LogP contribution is -1.87. The van der Waals surface area contributed by atoms with E-state index in [1.165, 1.54) is 27.8 Å². The number of allylic oxidation sites excluding steroid dienone is 3. The zero-order valence-corrected chi connectivity index (χ0v) is 12.4. The summed E-state index contributed by atoms with van der Waals surface area (Å²) in [5, 5.41) is 0. The second-order valence-electron chi connectivity index (χ2n) is 5.06. The standard InChI is InChI=1S/C20H20/c1-16(2)14-15-20(19-12-8-5-9-13-19)17(3)18-10-6-4-7-11-18/h4-13,15H,1-3H3. The molecule has 0 atom stereocenters. The van der Waals surface area contributed by atoms with Gasteiger partial charge in [-0.2, -0.15) is 0 Å². The lowest BCUT2D eigenvalue weighted by atomic mass is 9.95. The zero-order chi connectivity index (χ0) is 14.4. The second kappa shape index (κ2) is 6.75. The van der Waals surface area contributed by atoms with Crippen molar-refractivity contribution >= 4 is 11.1 Å². The maximum atomic E-state index is 3.33. The van der Waals surface area contributed by atoms with E-state index in [-0.39, 0.29) is 0 Å². The summed E-state index contributed by atoms with van der Waals surface area (Å²) in [6, 6.07) is 21.0. The summed E-state index contributed by atoms with van der Waals surface area (Å²) in [6.45, 7) is 6.30. The van der Waals surface area contributed by atoms with Gasteiger partial charge in [-0.1, -0.05) is 60.7 Å². The fourth-order valence-electron chi connectivity index (χ4n) is 2.09. The highest BCUT2D eigenvalue weighted by Gasteiger charge is 2.04. The quantitative estimate of drug-likeness (QED) is 0.375. The molecule has 0 saturated carbocycles. The van der Waals surface area contributed by atoms with Crippen LogP contribution in [0.1, 0.15) is 31.9 Å². The van der Waals surface area contributed by atoms with Crippen molar-refractivity contribution in [3.8, 4) is 0 Å². The van der Waals surface area contributed by atoms with Crippen molar-refractivity contribution in [1.29, 1.82) is 0 Å². The molecule has 2 rings (SSSR count). The summed E-state index contributed by atoms with van der Waals surface area (Å²) in [4.78, 5) is 0. The highest BCUT2D eigenvalue weighted by atomic mass is 14.1. The number of benzene rings is 2. The molecule has 0 radical (unpaired) electrons. The van der Waals surface area contributed by atoms with Gasteiger partial charge in [0.2, 0.25) is 0 Å². The number of hydrogen-bond acceptors (Lipinski definition) is 0. The number of rotatable bonds is 3. The van der Waals surface area contributed by atoms with Crippen LogP contribution in [-0.2, 0) is 0 Å². The Bertz CT molecular complexity index is 648. The molecule has 2 aromatic rings. The molecular formula is C20H20. The zero-order valence-electron chi connectivity index (χ0n) is 12.4. The molecule has 0 unspecified atom stereocenters. The van der Waals surface area contributed by atoms with Gasteiger partial charge in [0.15, 0.2) is 0 Å². The molecule has 0 aliphatic heterocycles. The highest BCUT2D eigenvalue weighted by Crippen LogP contribution is 2.26. The minimum absolute atomic E-state index is 1.18. The lowest BCUT2D eigenvalue weighted by Gasteiger charge is -2.09. The van der Waals surface area contributed by atoms with Crippen molar-refractivity contribution in [1.82, 2.24) is 0 Å². The minimum atomic E-state index is 1.18. The molecule has 0 amide bonds. The molecule has 0 nitrogen and oxygen atoms in total. The van der Waals surface area contributed by atoms with Crippen LogP contribution < -0.4 is 0 Å². The molecule has 0 aliphatic carbocycles. The van der Waals surface area contributed by atoms with Gasteiger partial charge in [0.1, 0.15) is 0 Å². The maximum Gasteiger partial charge on any atom is -0.00716 e. The topological polar surface area (TPSA) is 0 Å². The van der Waals surface area contributed by atoms with Gasteiger partial charge >= 0.3 is 0 Å². The molecule has 2 aromatic carbocycles. The maximum absolute atomic E-state index is 3.33. The highest BCUT2D eigenvalue weighted by molar-refractivity contribution is 5.94. The normalized spacial score (nSPS) is 11.3. The van der Waals surface area contributed by atoms with Gasteiger partial charge in [0.25, 0.3) is 0 Å². The summed E-state index contributed by atoms with van der Waals surface area (Å²) in [6.07, 6.45) is 2.09. The van der Waals surface area contributed by atoms with Gasteiger partial charge in [-0.15, -0.1) is 5.73 Å². The average Bonchev–Trinajstić information content (AvgIpc) is 2.49. The molecule has 0 spiro atoms. The van der Waals surface area contributed by atoms with Crippen LogP contribution in [0.5, 0.6) is 0 Å².